The number of fused-ring (bicyclic) bond motifs is 1. The lowest BCUT2D eigenvalue weighted by molar-refractivity contribution is -0.113. The van der Waals surface area contributed by atoms with Gasteiger partial charge in [-0.15, -0.1) is 0 Å². The van der Waals surface area contributed by atoms with Gasteiger partial charge in [0, 0.05) is 23.0 Å². The molecule has 2 aromatic rings. The van der Waals surface area contributed by atoms with E-state index in [0.717, 1.165) is 22.7 Å². The summed E-state index contributed by atoms with van der Waals surface area (Å²) in [5.74, 6) is 0.703. The van der Waals surface area contributed by atoms with Crippen molar-refractivity contribution in [3.8, 4) is 5.75 Å². The van der Waals surface area contributed by atoms with Crippen molar-refractivity contribution in [2.45, 2.75) is 38.1 Å². The zero-order valence-corrected chi connectivity index (χ0v) is 14.8. The molecule has 134 valence electrons. The van der Waals surface area contributed by atoms with Crippen LogP contribution in [0.5, 0.6) is 5.75 Å². The van der Waals surface area contributed by atoms with E-state index in [2.05, 4.69) is 10.6 Å². The molecule has 1 amide bonds. The van der Waals surface area contributed by atoms with E-state index in [1.165, 1.54) is 32.1 Å². The van der Waals surface area contributed by atoms with Gasteiger partial charge in [-0.25, -0.2) is 0 Å². The van der Waals surface area contributed by atoms with Crippen LogP contribution in [0.2, 0.25) is 0 Å². The predicted molar refractivity (Wildman–Crippen MR) is 105 cm³/mol. The fourth-order valence-corrected chi connectivity index (χ4v) is 3.59. The highest BCUT2D eigenvalue weighted by molar-refractivity contribution is 6.07. The van der Waals surface area contributed by atoms with Crippen LogP contribution in [0.25, 0.3) is 6.08 Å². The third kappa shape index (κ3) is 3.90. The SMILES string of the molecule is O=C(Nc1ccc(NC2CCCCC2)cc1)C1=Cc2ccccc2OC1. The van der Waals surface area contributed by atoms with Gasteiger partial charge in [0.2, 0.25) is 0 Å². The number of benzene rings is 2. The quantitative estimate of drug-likeness (QED) is 0.831. The van der Waals surface area contributed by atoms with Crippen molar-refractivity contribution < 1.29 is 9.53 Å². The minimum Gasteiger partial charge on any atom is -0.488 e. The first-order valence-electron chi connectivity index (χ1n) is 9.38. The number of rotatable bonds is 4. The molecule has 1 saturated carbocycles. The van der Waals surface area contributed by atoms with E-state index in [0.29, 0.717) is 18.2 Å². The first-order valence-corrected chi connectivity index (χ1v) is 9.38. The van der Waals surface area contributed by atoms with E-state index in [4.69, 9.17) is 4.74 Å². The molecule has 2 aliphatic rings. The van der Waals surface area contributed by atoms with Gasteiger partial charge in [-0.1, -0.05) is 37.5 Å². The van der Waals surface area contributed by atoms with E-state index in [1.54, 1.807) is 0 Å². The van der Waals surface area contributed by atoms with Crippen molar-refractivity contribution in [1.29, 1.82) is 0 Å². The van der Waals surface area contributed by atoms with E-state index in [-0.39, 0.29) is 5.91 Å². The van der Waals surface area contributed by atoms with E-state index >= 15 is 0 Å². The standard InChI is InChI=1S/C22H24N2O2/c25-22(17-14-16-6-4-5-9-21(16)26-15-17)24-20-12-10-19(11-13-20)23-18-7-2-1-3-8-18/h4-6,9-14,18,23H,1-3,7-8,15H2,(H,24,25). The Bertz CT molecular complexity index is 805. The van der Waals surface area contributed by atoms with Crippen molar-refractivity contribution >= 4 is 23.4 Å². The number of carbonyl (C=O) groups is 1. The summed E-state index contributed by atoms with van der Waals surface area (Å²) >= 11 is 0. The average molecular weight is 348 g/mol. The van der Waals surface area contributed by atoms with Gasteiger partial charge in [0.25, 0.3) is 5.91 Å². The highest BCUT2D eigenvalue weighted by Gasteiger charge is 2.17. The molecule has 4 rings (SSSR count). The van der Waals surface area contributed by atoms with E-state index < -0.39 is 0 Å². The molecule has 0 saturated heterocycles. The number of ether oxygens (including phenoxy) is 1. The Hall–Kier alpha value is -2.75. The van der Waals surface area contributed by atoms with Gasteiger partial charge in [-0.3, -0.25) is 4.79 Å². The molecule has 0 aromatic heterocycles. The second-order valence-corrected chi connectivity index (χ2v) is 7.01. The minimum atomic E-state index is -0.118. The molecular weight excluding hydrogens is 324 g/mol. The van der Waals surface area contributed by atoms with Crippen LogP contribution in [-0.2, 0) is 4.79 Å². The zero-order chi connectivity index (χ0) is 17.8. The van der Waals surface area contributed by atoms with Gasteiger partial charge in [0.15, 0.2) is 0 Å². The van der Waals surface area contributed by atoms with Gasteiger partial charge >= 0.3 is 0 Å². The summed E-state index contributed by atoms with van der Waals surface area (Å²) in [6, 6.07) is 16.3. The Morgan fingerprint density at radius 3 is 2.46 bits per heavy atom. The molecule has 0 unspecified atom stereocenters. The minimum absolute atomic E-state index is 0.118. The third-order valence-electron chi connectivity index (χ3n) is 5.04. The van der Waals surface area contributed by atoms with Crippen LogP contribution in [0, 0.1) is 0 Å². The molecular formula is C22H24N2O2. The summed E-state index contributed by atoms with van der Waals surface area (Å²) in [5, 5.41) is 6.55. The molecule has 0 radical (unpaired) electrons. The maximum atomic E-state index is 12.5. The van der Waals surface area contributed by atoms with Crippen LogP contribution in [0.1, 0.15) is 37.7 Å². The first-order chi connectivity index (χ1) is 12.8. The largest absolute Gasteiger partial charge is 0.488 e. The second kappa shape index (κ2) is 7.65. The van der Waals surface area contributed by atoms with Gasteiger partial charge < -0.3 is 15.4 Å². The second-order valence-electron chi connectivity index (χ2n) is 7.01. The molecule has 26 heavy (non-hydrogen) atoms. The van der Waals surface area contributed by atoms with Gasteiger partial charge in [-0.2, -0.15) is 0 Å². The number of amides is 1. The summed E-state index contributed by atoms with van der Waals surface area (Å²) in [5.41, 5.74) is 3.48. The fourth-order valence-electron chi connectivity index (χ4n) is 3.59. The van der Waals surface area contributed by atoms with Crippen molar-refractivity contribution in [3.05, 3.63) is 59.7 Å². The summed E-state index contributed by atoms with van der Waals surface area (Å²) in [4.78, 5) is 12.5. The molecule has 0 atom stereocenters. The van der Waals surface area contributed by atoms with Crippen LogP contribution < -0.4 is 15.4 Å². The van der Waals surface area contributed by atoms with Crippen molar-refractivity contribution in [1.82, 2.24) is 0 Å². The summed E-state index contributed by atoms with van der Waals surface area (Å²) in [7, 11) is 0. The number of hydrogen-bond acceptors (Lipinski definition) is 3. The number of para-hydroxylation sites is 1. The van der Waals surface area contributed by atoms with E-state index in [1.807, 2.05) is 54.6 Å². The molecule has 4 heteroatoms. The van der Waals surface area contributed by atoms with Crippen LogP contribution in [0.3, 0.4) is 0 Å². The topological polar surface area (TPSA) is 50.4 Å². The lowest BCUT2D eigenvalue weighted by Crippen LogP contribution is -2.22. The maximum absolute atomic E-state index is 12.5. The van der Waals surface area contributed by atoms with E-state index in [9.17, 15) is 4.79 Å². The molecule has 0 spiro atoms. The molecule has 2 N–H and O–H groups in total. The number of anilines is 2. The Morgan fingerprint density at radius 1 is 0.923 bits per heavy atom. The van der Waals surface area contributed by atoms with Gasteiger partial charge in [0.1, 0.15) is 12.4 Å². The smallest absolute Gasteiger partial charge is 0.255 e. The molecule has 1 fully saturated rings. The van der Waals surface area contributed by atoms with Crippen LogP contribution in [0.4, 0.5) is 11.4 Å². The maximum Gasteiger partial charge on any atom is 0.255 e. The van der Waals surface area contributed by atoms with Crippen molar-refractivity contribution in [2.75, 3.05) is 17.2 Å². The molecule has 2 aromatic carbocycles. The lowest BCUT2D eigenvalue weighted by atomic mass is 9.95. The highest BCUT2D eigenvalue weighted by Crippen LogP contribution is 2.27. The summed E-state index contributed by atoms with van der Waals surface area (Å²) < 4.78 is 5.66. The molecule has 1 aliphatic heterocycles. The Morgan fingerprint density at radius 2 is 1.65 bits per heavy atom. The zero-order valence-electron chi connectivity index (χ0n) is 14.8. The number of nitrogens with one attached hydrogen (secondary N) is 2. The number of hydrogen-bond donors (Lipinski definition) is 2. The first kappa shape index (κ1) is 16.7. The third-order valence-corrected chi connectivity index (χ3v) is 5.04. The highest BCUT2D eigenvalue weighted by atomic mass is 16.5. The summed E-state index contributed by atoms with van der Waals surface area (Å²) in [6.07, 6.45) is 8.36. The summed E-state index contributed by atoms with van der Waals surface area (Å²) in [6.45, 7) is 0.296. The molecule has 1 aliphatic carbocycles. The monoisotopic (exact) mass is 348 g/mol. The molecule has 0 bridgehead atoms. The van der Waals surface area contributed by atoms with Crippen LogP contribution in [-0.4, -0.2) is 18.6 Å². The molecule has 4 nitrogen and oxygen atoms in total. The van der Waals surface area contributed by atoms with Crippen molar-refractivity contribution in [2.24, 2.45) is 0 Å². The van der Waals surface area contributed by atoms with Gasteiger partial charge in [-0.05, 0) is 49.2 Å². The number of carbonyl (C=O) groups excluding carboxylic acids is 1. The Balaban J connectivity index is 1.38. The average Bonchev–Trinajstić information content (AvgIpc) is 2.70. The fraction of sp³-hybridized carbons (Fsp3) is 0.318. The predicted octanol–water partition coefficient (Wildman–Crippen LogP) is 4.85. The Kier molecular flexibility index (Phi) is 4.91. The molecule has 1 heterocycles. The van der Waals surface area contributed by atoms with Gasteiger partial charge in [0.05, 0.1) is 5.57 Å². The van der Waals surface area contributed by atoms with Crippen LogP contribution in [0.15, 0.2) is 54.1 Å². The Labute approximate surface area is 154 Å². The normalized spacial score (nSPS) is 16.8. The lowest BCUT2D eigenvalue weighted by Gasteiger charge is -2.24. The van der Waals surface area contributed by atoms with Crippen molar-refractivity contribution in [3.63, 3.8) is 0 Å². The van der Waals surface area contributed by atoms with Crippen LogP contribution >= 0.6 is 0 Å².